The molecule has 0 aromatic heterocycles. The number of ether oxygens (including phenoxy) is 2. The molecule has 0 heterocycles. The normalized spacial score (nSPS) is 12.1. The lowest BCUT2D eigenvalue weighted by Crippen LogP contribution is -2.58. The van der Waals surface area contributed by atoms with Crippen LogP contribution < -0.4 is 0 Å². The third-order valence-electron chi connectivity index (χ3n) is 3.40. The van der Waals surface area contributed by atoms with Gasteiger partial charge in [-0.3, -0.25) is 9.59 Å². The summed E-state index contributed by atoms with van der Waals surface area (Å²) in [7, 11) is 0. The van der Waals surface area contributed by atoms with Crippen molar-refractivity contribution in [2.45, 2.75) is 52.2 Å². The molecule has 3 N–H and O–H groups in total. The molecule has 21 heavy (non-hydrogen) atoms. The van der Waals surface area contributed by atoms with Gasteiger partial charge >= 0.3 is 11.9 Å². The van der Waals surface area contributed by atoms with Crippen LogP contribution in [0, 0.1) is 5.41 Å². The fourth-order valence-electron chi connectivity index (χ4n) is 1.76. The van der Waals surface area contributed by atoms with Gasteiger partial charge in [-0.25, -0.2) is 0 Å². The fraction of sp³-hybridized carbons (Fsp3) is 0.857. The first-order valence-electron chi connectivity index (χ1n) is 7.11. The molecule has 0 rings (SSSR count). The van der Waals surface area contributed by atoms with E-state index in [0.717, 1.165) is 0 Å². The molecule has 0 aliphatic rings. The number of aliphatic hydroxyl groups is 3. The summed E-state index contributed by atoms with van der Waals surface area (Å²) in [6, 6.07) is 0. The van der Waals surface area contributed by atoms with Crippen LogP contribution in [0.2, 0.25) is 0 Å². The molecule has 0 radical (unpaired) electrons. The summed E-state index contributed by atoms with van der Waals surface area (Å²) in [5.74, 6) is -3.21. The highest BCUT2D eigenvalue weighted by molar-refractivity contribution is 5.72. The van der Waals surface area contributed by atoms with Gasteiger partial charge in [-0.2, -0.15) is 0 Å². The summed E-state index contributed by atoms with van der Waals surface area (Å²) < 4.78 is 10.3. The number of carbonyl (C=O) groups excluding carboxylic acids is 2. The summed E-state index contributed by atoms with van der Waals surface area (Å²) in [5, 5.41) is 28.5. The first kappa shape index (κ1) is 19.8. The zero-order chi connectivity index (χ0) is 16.5. The topological polar surface area (TPSA) is 113 Å². The summed E-state index contributed by atoms with van der Waals surface area (Å²) >= 11 is 0. The van der Waals surface area contributed by atoms with Gasteiger partial charge in [-0.15, -0.1) is 0 Å². The van der Waals surface area contributed by atoms with Crippen molar-refractivity contribution in [2.24, 2.45) is 5.41 Å². The quantitative estimate of drug-likeness (QED) is 0.394. The van der Waals surface area contributed by atoms with E-state index in [1.165, 1.54) is 6.92 Å². The maximum Gasteiger partial charge on any atom is 0.309 e. The molecule has 7 heteroatoms. The Morgan fingerprint density at radius 1 is 0.857 bits per heavy atom. The second-order valence-corrected chi connectivity index (χ2v) is 5.15. The van der Waals surface area contributed by atoms with E-state index in [1.54, 1.807) is 13.8 Å². The average Bonchev–Trinajstić information content (AvgIpc) is 2.41. The highest BCUT2D eigenvalue weighted by atomic mass is 16.7. The van der Waals surface area contributed by atoms with E-state index in [1.807, 2.05) is 0 Å². The number of aliphatic hydroxyl groups excluding tert-OH is 3. The first-order valence-corrected chi connectivity index (χ1v) is 7.11. The van der Waals surface area contributed by atoms with Crippen LogP contribution in [-0.4, -0.2) is 52.9 Å². The average molecular weight is 306 g/mol. The van der Waals surface area contributed by atoms with Crippen LogP contribution in [0.1, 0.15) is 46.5 Å². The van der Waals surface area contributed by atoms with E-state index >= 15 is 0 Å². The van der Waals surface area contributed by atoms with Crippen LogP contribution in [-0.2, 0) is 19.1 Å². The van der Waals surface area contributed by atoms with Gasteiger partial charge in [0.05, 0.1) is 19.8 Å². The zero-order valence-corrected chi connectivity index (χ0v) is 12.9. The molecule has 0 aliphatic carbocycles. The standard InChI is InChI=1S/C14H26O7/c1-4-6-11(18)20-13(3,21-12(19)7-5-2)14(8-15,9-16)10-17/h15-17H,4-10H2,1-3H3. The van der Waals surface area contributed by atoms with Crippen molar-refractivity contribution >= 4 is 11.9 Å². The van der Waals surface area contributed by atoms with Crippen molar-refractivity contribution < 1.29 is 34.4 Å². The van der Waals surface area contributed by atoms with E-state index < -0.39 is 43.0 Å². The second-order valence-electron chi connectivity index (χ2n) is 5.15. The SMILES string of the molecule is CCCC(=O)OC(C)(OC(=O)CCC)C(CO)(CO)CO. The van der Waals surface area contributed by atoms with Gasteiger partial charge in [0.25, 0.3) is 5.79 Å². The molecule has 0 aliphatic heterocycles. The highest BCUT2D eigenvalue weighted by Crippen LogP contribution is 2.36. The lowest BCUT2D eigenvalue weighted by Gasteiger charge is -2.43. The molecule has 0 aromatic rings. The van der Waals surface area contributed by atoms with Crippen molar-refractivity contribution in [3.63, 3.8) is 0 Å². The summed E-state index contributed by atoms with van der Waals surface area (Å²) in [4.78, 5) is 23.5. The van der Waals surface area contributed by atoms with Crippen LogP contribution in [0.25, 0.3) is 0 Å². The molecule has 0 fully saturated rings. The van der Waals surface area contributed by atoms with E-state index in [-0.39, 0.29) is 12.8 Å². The van der Waals surface area contributed by atoms with Crippen LogP contribution >= 0.6 is 0 Å². The smallest absolute Gasteiger partial charge is 0.309 e. The number of rotatable bonds is 10. The third kappa shape index (κ3) is 4.94. The summed E-state index contributed by atoms with van der Waals surface area (Å²) in [6.07, 6.45) is 1.25. The number of esters is 2. The lowest BCUT2D eigenvalue weighted by atomic mass is 9.81. The Labute approximate surface area is 124 Å². The Balaban J connectivity index is 5.41. The Hall–Kier alpha value is -1.18. The molecule has 0 amide bonds. The molecule has 0 spiro atoms. The monoisotopic (exact) mass is 306 g/mol. The van der Waals surface area contributed by atoms with Crippen molar-refractivity contribution in [3.8, 4) is 0 Å². The molecule has 0 bridgehead atoms. The maximum atomic E-state index is 11.7. The molecule has 0 aromatic carbocycles. The maximum absolute atomic E-state index is 11.7. The molecule has 0 atom stereocenters. The molecule has 7 nitrogen and oxygen atoms in total. The van der Waals surface area contributed by atoms with Gasteiger partial charge in [0.1, 0.15) is 5.41 Å². The van der Waals surface area contributed by atoms with Crippen molar-refractivity contribution in [3.05, 3.63) is 0 Å². The minimum Gasteiger partial charge on any atom is -0.422 e. The van der Waals surface area contributed by atoms with Gasteiger partial charge in [0.2, 0.25) is 0 Å². The Kier molecular flexibility index (Phi) is 8.46. The third-order valence-corrected chi connectivity index (χ3v) is 3.40. The first-order chi connectivity index (χ1) is 9.84. The van der Waals surface area contributed by atoms with Crippen LogP contribution in [0.3, 0.4) is 0 Å². The van der Waals surface area contributed by atoms with Crippen LogP contribution in [0.4, 0.5) is 0 Å². The van der Waals surface area contributed by atoms with E-state index in [2.05, 4.69) is 0 Å². The number of hydrogen-bond donors (Lipinski definition) is 3. The van der Waals surface area contributed by atoms with Crippen LogP contribution in [0.15, 0.2) is 0 Å². The molecule has 0 saturated heterocycles. The molecule has 0 saturated carbocycles. The number of carbonyl (C=O) groups is 2. The van der Waals surface area contributed by atoms with Crippen molar-refractivity contribution in [1.82, 2.24) is 0 Å². The Morgan fingerprint density at radius 2 is 1.19 bits per heavy atom. The minimum atomic E-state index is -1.94. The van der Waals surface area contributed by atoms with Gasteiger partial charge < -0.3 is 24.8 Å². The lowest BCUT2D eigenvalue weighted by molar-refractivity contribution is -0.284. The predicted octanol–water partition coefficient (Wildman–Crippen LogP) is 0.352. The van der Waals surface area contributed by atoms with Crippen molar-refractivity contribution in [1.29, 1.82) is 0 Å². The van der Waals surface area contributed by atoms with Gasteiger partial charge in [-0.1, -0.05) is 13.8 Å². The summed E-state index contributed by atoms with van der Waals surface area (Å²) in [5.41, 5.74) is -1.68. The van der Waals surface area contributed by atoms with E-state index in [4.69, 9.17) is 9.47 Å². The largest absolute Gasteiger partial charge is 0.422 e. The van der Waals surface area contributed by atoms with E-state index in [9.17, 15) is 24.9 Å². The predicted molar refractivity (Wildman–Crippen MR) is 74.1 cm³/mol. The van der Waals surface area contributed by atoms with Crippen molar-refractivity contribution in [2.75, 3.05) is 19.8 Å². The van der Waals surface area contributed by atoms with E-state index in [0.29, 0.717) is 12.8 Å². The molecular formula is C14H26O7. The van der Waals surface area contributed by atoms with Gasteiger partial charge in [-0.05, 0) is 12.8 Å². The van der Waals surface area contributed by atoms with Crippen LogP contribution in [0.5, 0.6) is 0 Å². The second kappa shape index (κ2) is 8.96. The molecular weight excluding hydrogens is 280 g/mol. The molecule has 0 unspecified atom stereocenters. The Bertz CT molecular complexity index is 308. The van der Waals surface area contributed by atoms with Gasteiger partial charge in [0.15, 0.2) is 0 Å². The zero-order valence-electron chi connectivity index (χ0n) is 12.9. The van der Waals surface area contributed by atoms with Gasteiger partial charge in [0, 0.05) is 19.8 Å². The Morgan fingerprint density at radius 3 is 1.43 bits per heavy atom. The fourth-order valence-corrected chi connectivity index (χ4v) is 1.76. The summed E-state index contributed by atoms with van der Waals surface area (Å²) in [6.45, 7) is 2.68. The number of hydrogen-bond acceptors (Lipinski definition) is 7. The highest BCUT2D eigenvalue weighted by Gasteiger charge is 2.54. The minimum absolute atomic E-state index is 0.0965. The molecule has 124 valence electrons.